The predicted octanol–water partition coefficient (Wildman–Crippen LogP) is 0.977. The number of allylic oxidation sites excluding steroid dienone is 1. The first kappa shape index (κ1) is 12.7. The van der Waals surface area contributed by atoms with Crippen LogP contribution in [0.3, 0.4) is 0 Å². The molecule has 0 unspecified atom stereocenters. The summed E-state index contributed by atoms with van der Waals surface area (Å²) in [6.45, 7) is 3.70. The predicted molar refractivity (Wildman–Crippen MR) is 56.6 cm³/mol. The Balaban J connectivity index is 3.18. The standard InChI is InChI=1S/C9H19NO2S/c1-3-4-5-7-10-8-6-9-13(2,11)12/h3-4,10H,5-9H2,1-2H3/b4-3+. The Bertz CT molecular complexity index is 232. The lowest BCUT2D eigenvalue weighted by Gasteiger charge is -2.01. The third kappa shape index (κ3) is 11.7. The Kier molecular flexibility index (Phi) is 6.90. The zero-order valence-electron chi connectivity index (χ0n) is 8.41. The van der Waals surface area contributed by atoms with Gasteiger partial charge in [0.2, 0.25) is 0 Å². The molecule has 13 heavy (non-hydrogen) atoms. The monoisotopic (exact) mass is 205 g/mol. The molecule has 3 nitrogen and oxygen atoms in total. The number of nitrogens with one attached hydrogen (secondary N) is 1. The fourth-order valence-corrected chi connectivity index (χ4v) is 1.61. The van der Waals surface area contributed by atoms with Gasteiger partial charge in [0.25, 0.3) is 0 Å². The second-order valence-electron chi connectivity index (χ2n) is 3.09. The molecule has 0 aliphatic rings. The second-order valence-corrected chi connectivity index (χ2v) is 5.35. The second kappa shape index (κ2) is 7.09. The molecular weight excluding hydrogens is 186 g/mol. The summed E-state index contributed by atoms with van der Waals surface area (Å²) in [5.41, 5.74) is 0. The largest absolute Gasteiger partial charge is 0.316 e. The van der Waals surface area contributed by atoms with E-state index in [9.17, 15) is 8.42 Å². The highest BCUT2D eigenvalue weighted by molar-refractivity contribution is 7.90. The van der Waals surface area contributed by atoms with Crippen molar-refractivity contribution in [3.63, 3.8) is 0 Å². The minimum absolute atomic E-state index is 0.281. The van der Waals surface area contributed by atoms with Gasteiger partial charge in [0.15, 0.2) is 0 Å². The molecule has 0 aromatic carbocycles. The van der Waals surface area contributed by atoms with Gasteiger partial charge in [-0.1, -0.05) is 12.2 Å². The zero-order chi connectivity index (χ0) is 10.2. The Labute approximate surface area is 81.1 Å². The molecule has 0 saturated heterocycles. The Morgan fingerprint density at radius 2 is 2.00 bits per heavy atom. The van der Waals surface area contributed by atoms with E-state index in [-0.39, 0.29) is 5.75 Å². The van der Waals surface area contributed by atoms with Gasteiger partial charge >= 0.3 is 0 Å². The highest BCUT2D eigenvalue weighted by Crippen LogP contribution is 1.87. The van der Waals surface area contributed by atoms with Crippen molar-refractivity contribution in [2.24, 2.45) is 0 Å². The molecule has 0 radical (unpaired) electrons. The van der Waals surface area contributed by atoms with E-state index in [0.717, 1.165) is 19.5 Å². The molecule has 4 heteroatoms. The van der Waals surface area contributed by atoms with Gasteiger partial charge in [0, 0.05) is 6.26 Å². The fraction of sp³-hybridized carbons (Fsp3) is 0.778. The van der Waals surface area contributed by atoms with E-state index < -0.39 is 9.84 Å². The highest BCUT2D eigenvalue weighted by atomic mass is 32.2. The number of sulfone groups is 1. The van der Waals surface area contributed by atoms with E-state index in [1.165, 1.54) is 6.26 Å². The summed E-state index contributed by atoms with van der Waals surface area (Å²) >= 11 is 0. The smallest absolute Gasteiger partial charge is 0.147 e. The van der Waals surface area contributed by atoms with Crippen LogP contribution in [0.25, 0.3) is 0 Å². The average molecular weight is 205 g/mol. The van der Waals surface area contributed by atoms with Crippen molar-refractivity contribution >= 4 is 9.84 Å². The third-order valence-corrected chi connectivity index (χ3v) is 2.62. The van der Waals surface area contributed by atoms with Crippen molar-refractivity contribution in [2.75, 3.05) is 25.1 Å². The van der Waals surface area contributed by atoms with Gasteiger partial charge in [-0.05, 0) is 32.9 Å². The molecule has 0 atom stereocenters. The minimum atomic E-state index is -2.78. The molecule has 1 N–H and O–H groups in total. The van der Waals surface area contributed by atoms with E-state index >= 15 is 0 Å². The van der Waals surface area contributed by atoms with Crippen molar-refractivity contribution in [1.29, 1.82) is 0 Å². The maximum absolute atomic E-state index is 10.7. The van der Waals surface area contributed by atoms with Crippen LogP contribution >= 0.6 is 0 Å². The topological polar surface area (TPSA) is 46.2 Å². The fourth-order valence-electron chi connectivity index (χ4n) is 0.936. The first-order valence-electron chi connectivity index (χ1n) is 4.56. The minimum Gasteiger partial charge on any atom is -0.316 e. The molecule has 78 valence electrons. The molecule has 0 fully saturated rings. The summed E-state index contributed by atoms with van der Waals surface area (Å²) in [7, 11) is -2.78. The van der Waals surface area contributed by atoms with Crippen LogP contribution in [0, 0.1) is 0 Å². The molecule has 0 spiro atoms. The van der Waals surface area contributed by atoms with Crippen LogP contribution in [0.15, 0.2) is 12.2 Å². The summed E-state index contributed by atoms with van der Waals surface area (Å²) < 4.78 is 21.5. The van der Waals surface area contributed by atoms with Crippen LogP contribution in [0.2, 0.25) is 0 Å². The normalized spacial score (nSPS) is 12.5. The summed E-state index contributed by atoms with van der Waals surface area (Å²) in [6.07, 6.45) is 7.08. The average Bonchev–Trinajstić information content (AvgIpc) is 2.01. The van der Waals surface area contributed by atoms with Gasteiger partial charge in [-0.2, -0.15) is 0 Å². The van der Waals surface area contributed by atoms with Crippen molar-refractivity contribution in [1.82, 2.24) is 5.32 Å². The van der Waals surface area contributed by atoms with Crippen LogP contribution in [-0.4, -0.2) is 33.5 Å². The Hall–Kier alpha value is -0.350. The van der Waals surface area contributed by atoms with Gasteiger partial charge in [-0.15, -0.1) is 0 Å². The lowest BCUT2D eigenvalue weighted by molar-refractivity contribution is 0.594. The van der Waals surface area contributed by atoms with Crippen molar-refractivity contribution < 1.29 is 8.42 Å². The molecule has 0 aromatic heterocycles. The van der Waals surface area contributed by atoms with Gasteiger partial charge in [0.05, 0.1) is 5.75 Å². The van der Waals surface area contributed by atoms with Crippen LogP contribution in [0.4, 0.5) is 0 Å². The van der Waals surface area contributed by atoms with Crippen LogP contribution in [0.5, 0.6) is 0 Å². The summed E-state index contributed by atoms with van der Waals surface area (Å²) in [4.78, 5) is 0. The maximum Gasteiger partial charge on any atom is 0.147 e. The maximum atomic E-state index is 10.7. The molecule has 0 heterocycles. The Morgan fingerprint density at radius 3 is 2.54 bits per heavy atom. The first-order valence-corrected chi connectivity index (χ1v) is 6.62. The zero-order valence-corrected chi connectivity index (χ0v) is 9.23. The third-order valence-electron chi connectivity index (χ3n) is 1.59. The highest BCUT2D eigenvalue weighted by Gasteiger charge is 1.99. The van der Waals surface area contributed by atoms with E-state index in [0.29, 0.717) is 6.42 Å². The molecule has 0 saturated carbocycles. The van der Waals surface area contributed by atoms with E-state index in [2.05, 4.69) is 11.4 Å². The Morgan fingerprint density at radius 1 is 1.31 bits per heavy atom. The van der Waals surface area contributed by atoms with Gasteiger partial charge in [-0.25, -0.2) is 8.42 Å². The molecule has 0 rings (SSSR count). The number of hydrogen-bond donors (Lipinski definition) is 1. The number of rotatable bonds is 7. The van der Waals surface area contributed by atoms with Gasteiger partial charge in [0.1, 0.15) is 9.84 Å². The molecule has 0 amide bonds. The first-order chi connectivity index (χ1) is 6.06. The van der Waals surface area contributed by atoms with Crippen LogP contribution < -0.4 is 5.32 Å². The van der Waals surface area contributed by atoms with E-state index in [1.807, 2.05) is 13.0 Å². The van der Waals surface area contributed by atoms with Crippen molar-refractivity contribution in [3.05, 3.63) is 12.2 Å². The molecular formula is C9H19NO2S. The van der Waals surface area contributed by atoms with Crippen LogP contribution in [-0.2, 0) is 9.84 Å². The van der Waals surface area contributed by atoms with E-state index in [4.69, 9.17) is 0 Å². The lowest BCUT2D eigenvalue weighted by atomic mass is 10.3. The molecule has 0 aliphatic heterocycles. The van der Waals surface area contributed by atoms with Crippen molar-refractivity contribution in [2.45, 2.75) is 19.8 Å². The lowest BCUT2D eigenvalue weighted by Crippen LogP contribution is -2.18. The van der Waals surface area contributed by atoms with Crippen LogP contribution in [0.1, 0.15) is 19.8 Å². The van der Waals surface area contributed by atoms with Gasteiger partial charge < -0.3 is 5.32 Å². The molecule has 0 bridgehead atoms. The molecule has 0 aliphatic carbocycles. The summed E-state index contributed by atoms with van der Waals surface area (Å²) in [5.74, 6) is 0.281. The number of hydrogen-bond acceptors (Lipinski definition) is 3. The quantitative estimate of drug-likeness (QED) is 0.498. The van der Waals surface area contributed by atoms with Gasteiger partial charge in [-0.3, -0.25) is 0 Å². The SMILES string of the molecule is C/C=C/CCNCCCS(C)(=O)=O. The van der Waals surface area contributed by atoms with E-state index in [1.54, 1.807) is 0 Å². The summed E-state index contributed by atoms with van der Waals surface area (Å²) in [6, 6.07) is 0. The van der Waals surface area contributed by atoms with Crippen molar-refractivity contribution in [3.8, 4) is 0 Å². The summed E-state index contributed by atoms with van der Waals surface area (Å²) in [5, 5.41) is 3.18. The molecule has 0 aromatic rings.